The average Bonchev–Trinajstić information content (AvgIpc) is 2.79. The molecule has 1 aliphatic rings. The van der Waals surface area contributed by atoms with Gasteiger partial charge in [0.05, 0.1) is 12.3 Å². The minimum atomic E-state index is -0.482. The zero-order valence-electron chi connectivity index (χ0n) is 10.2. The lowest BCUT2D eigenvalue weighted by Gasteiger charge is -2.12. The van der Waals surface area contributed by atoms with Crippen molar-refractivity contribution in [2.45, 2.75) is 12.3 Å². The van der Waals surface area contributed by atoms with Gasteiger partial charge in [-0.2, -0.15) is 0 Å². The molecule has 1 unspecified atom stereocenters. The quantitative estimate of drug-likeness (QED) is 0.609. The summed E-state index contributed by atoms with van der Waals surface area (Å²) in [5.74, 6) is -1.38. The Hall–Kier alpha value is -2.42. The number of esters is 2. The smallest absolute Gasteiger partial charge is 0.321 e. The van der Waals surface area contributed by atoms with Crippen molar-refractivity contribution in [3.63, 3.8) is 0 Å². The molecule has 0 saturated carbocycles. The van der Waals surface area contributed by atoms with Gasteiger partial charge >= 0.3 is 11.9 Å². The van der Waals surface area contributed by atoms with Crippen molar-refractivity contribution >= 4 is 11.9 Å². The fraction of sp³-hybridized carbons (Fsp3) is 0.125. The first kappa shape index (κ1) is 11.7. The number of benzene rings is 2. The average molecular weight is 252 g/mol. The summed E-state index contributed by atoms with van der Waals surface area (Å²) in [6.45, 7) is 0. The highest BCUT2D eigenvalue weighted by Gasteiger charge is 2.35. The first-order valence-corrected chi connectivity index (χ1v) is 6.14. The van der Waals surface area contributed by atoms with Crippen molar-refractivity contribution < 1.29 is 14.3 Å². The van der Waals surface area contributed by atoms with Gasteiger partial charge in [0.1, 0.15) is 0 Å². The van der Waals surface area contributed by atoms with Crippen molar-refractivity contribution in [1.82, 2.24) is 0 Å². The van der Waals surface area contributed by atoms with E-state index in [1.54, 1.807) is 0 Å². The summed E-state index contributed by atoms with van der Waals surface area (Å²) in [5, 5.41) is 0. The number of carbonyl (C=O) groups is 2. The SMILES string of the molecule is O=C1CC(c2ccccc2-c2ccccc2)C(=O)O1. The van der Waals surface area contributed by atoms with Gasteiger partial charge in [-0.3, -0.25) is 9.59 Å². The molecule has 3 heteroatoms. The molecule has 0 aromatic heterocycles. The molecule has 1 saturated heterocycles. The highest BCUT2D eigenvalue weighted by molar-refractivity contribution is 5.99. The molecule has 0 bridgehead atoms. The molecule has 1 atom stereocenters. The first-order valence-electron chi connectivity index (χ1n) is 6.14. The van der Waals surface area contributed by atoms with E-state index in [1.165, 1.54) is 0 Å². The molecule has 94 valence electrons. The fourth-order valence-corrected chi connectivity index (χ4v) is 2.39. The van der Waals surface area contributed by atoms with Crippen LogP contribution in [0, 0.1) is 0 Å². The number of hydrogen-bond donors (Lipinski definition) is 0. The van der Waals surface area contributed by atoms with Gasteiger partial charge in [0.15, 0.2) is 0 Å². The van der Waals surface area contributed by atoms with Crippen LogP contribution in [-0.2, 0) is 14.3 Å². The highest BCUT2D eigenvalue weighted by Crippen LogP contribution is 2.34. The van der Waals surface area contributed by atoms with Crippen LogP contribution in [0.2, 0.25) is 0 Å². The van der Waals surface area contributed by atoms with E-state index in [9.17, 15) is 9.59 Å². The Morgan fingerprint density at radius 1 is 0.895 bits per heavy atom. The molecular weight excluding hydrogens is 240 g/mol. The predicted octanol–water partition coefficient (Wildman–Crippen LogP) is 2.91. The van der Waals surface area contributed by atoms with E-state index in [0.29, 0.717) is 0 Å². The number of carbonyl (C=O) groups excluding carboxylic acids is 2. The number of ether oxygens (including phenoxy) is 1. The topological polar surface area (TPSA) is 43.4 Å². The second kappa shape index (κ2) is 4.69. The number of hydrogen-bond acceptors (Lipinski definition) is 3. The van der Waals surface area contributed by atoms with Gasteiger partial charge in [-0.15, -0.1) is 0 Å². The molecular formula is C16H12O3. The van der Waals surface area contributed by atoms with Gasteiger partial charge in [0.25, 0.3) is 0 Å². The van der Waals surface area contributed by atoms with Crippen LogP contribution < -0.4 is 0 Å². The maximum absolute atomic E-state index is 11.7. The Bertz CT molecular complexity index is 631. The first-order chi connectivity index (χ1) is 9.25. The van der Waals surface area contributed by atoms with Gasteiger partial charge in [-0.1, -0.05) is 54.6 Å². The van der Waals surface area contributed by atoms with Crippen molar-refractivity contribution in [3.8, 4) is 11.1 Å². The fourth-order valence-electron chi connectivity index (χ4n) is 2.39. The summed E-state index contributed by atoms with van der Waals surface area (Å²) < 4.78 is 4.64. The maximum Gasteiger partial charge on any atom is 0.321 e. The van der Waals surface area contributed by atoms with Gasteiger partial charge in [-0.05, 0) is 16.7 Å². The third kappa shape index (κ3) is 2.15. The normalized spacial score (nSPS) is 18.4. The van der Waals surface area contributed by atoms with Gasteiger partial charge in [0, 0.05) is 0 Å². The van der Waals surface area contributed by atoms with E-state index in [-0.39, 0.29) is 6.42 Å². The number of rotatable bonds is 2. The van der Waals surface area contributed by atoms with Gasteiger partial charge < -0.3 is 4.74 Å². The Morgan fingerprint density at radius 2 is 1.58 bits per heavy atom. The molecule has 19 heavy (non-hydrogen) atoms. The molecule has 1 aliphatic heterocycles. The van der Waals surface area contributed by atoms with Crippen molar-refractivity contribution in [1.29, 1.82) is 0 Å². The molecule has 2 aromatic carbocycles. The summed E-state index contributed by atoms with van der Waals surface area (Å²) in [5.41, 5.74) is 2.86. The van der Waals surface area contributed by atoms with E-state index in [1.807, 2.05) is 54.6 Å². The number of cyclic esters (lactones) is 2. The molecule has 1 fully saturated rings. The molecule has 0 radical (unpaired) electrons. The molecule has 2 aromatic rings. The summed E-state index contributed by atoms with van der Waals surface area (Å²) in [6.07, 6.45) is 0.128. The van der Waals surface area contributed by atoms with Gasteiger partial charge in [0.2, 0.25) is 0 Å². The minimum Gasteiger partial charge on any atom is -0.393 e. The van der Waals surface area contributed by atoms with Crippen LogP contribution in [0.3, 0.4) is 0 Å². The Kier molecular flexibility index (Phi) is 2.88. The predicted molar refractivity (Wildman–Crippen MR) is 70.3 cm³/mol. The van der Waals surface area contributed by atoms with Crippen LogP contribution in [0.25, 0.3) is 11.1 Å². The molecule has 0 N–H and O–H groups in total. The van der Waals surface area contributed by atoms with Crippen LogP contribution >= 0.6 is 0 Å². The van der Waals surface area contributed by atoms with Crippen LogP contribution in [-0.4, -0.2) is 11.9 Å². The lowest BCUT2D eigenvalue weighted by atomic mass is 9.89. The van der Waals surface area contributed by atoms with Crippen LogP contribution in [0.4, 0.5) is 0 Å². The lowest BCUT2D eigenvalue weighted by Crippen LogP contribution is -2.07. The third-order valence-electron chi connectivity index (χ3n) is 3.29. The molecule has 0 amide bonds. The van der Waals surface area contributed by atoms with E-state index in [4.69, 9.17) is 0 Å². The lowest BCUT2D eigenvalue weighted by molar-refractivity contribution is -0.152. The summed E-state index contributed by atoms with van der Waals surface area (Å²) in [6, 6.07) is 17.5. The zero-order valence-corrected chi connectivity index (χ0v) is 10.2. The molecule has 0 spiro atoms. The maximum atomic E-state index is 11.7. The van der Waals surface area contributed by atoms with Crippen molar-refractivity contribution in [2.24, 2.45) is 0 Å². The van der Waals surface area contributed by atoms with Crippen molar-refractivity contribution in [2.75, 3.05) is 0 Å². The van der Waals surface area contributed by atoms with E-state index in [2.05, 4.69) is 4.74 Å². The zero-order chi connectivity index (χ0) is 13.2. The van der Waals surface area contributed by atoms with Crippen molar-refractivity contribution in [3.05, 3.63) is 60.2 Å². The molecule has 3 rings (SSSR count). The van der Waals surface area contributed by atoms with Crippen LogP contribution in [0.5, 0.6) is 0 Å². The minimum absolute atomic E-state index is 0.128. The summed E-state index contributed by atoms with van der Waals surface area (Å²) >= 11 is 0. The van der Waals surface area contributed by atoms with E-state index >= 15 is 0 Å². The van der Waals surface area contributed by atoms with Crippen LogP contribution in [0.15, 0.2) is 54.6 Å². The van der Waals surface area contributed by atoms with Crippen LogP contribution in [0.1, 0.15) is 17.9 Å². The summed E-state index contributed by atoms with van der Waals surface area (Å²) in [7, 11) is 0. The monoisotopic (exact) mass is 252 g/mol. The van der Waals surface area contributed by atoms with Gasteiger partial charge in [-0.25, -0.2) is 0 Å². The third-order valence-corrected chi connectivity index (χ3v) is 3.29. The van der Waals surface area contributed by atoms with E-state index in [0.717, 1.165) is 16.7 Å². The Balaban J connectivity index is 2.08. The highest BCUT2D eigenvalue weighted by atomic mass is 16.6. The summed E-state index contributed by atoms with van der Waals surface area (Å²) in [4.78, 5) is 23.0. The second-order valence-electron chi connectivity index (χ2n) is 4.50. The van der Waals surface area contributed by atoms with E-state index < -0.39 is 17.9 Å². The second-order valence-corrected chi connectivity index (χ2v) is 4.50. The molecule has 0 aliphatic carbocycles. The molecule has 3 nitrogen and oxygen atoms in total. The largest absolute Gasteiger partial charge is 0.393 e. The Morgan fingerprint density at radius 3 is 2.26 bits per heavy atom. The molecule has 1 heterocycles. The Labute approximate surface area is 110 Å². The standard InChI is InChI=1S/C16H12O3/c17-15-10-14(16(18)19-15)13-9-5-4-8-12(13)11-6-2-1-3-7-11/h1-9,14H,10H2.